The Hall–Kier alpha value is -2.11. The lowest BCUT2D eigenvalue weighted by Crippen LogP contribution is -2.52. The monoisotopic (exact) mass is 442 g/mol. The van der Waals surface area contributed by atoms with Gasteiger partial charge in [-0.2, -0.15) is 0 Å². The number of Topliss-reactive ketones (excluding diaryl/α,β-unsaturated/α-hetero) is 1. The summed E-state index contributed by atoms with van der Waals surface area (Å²) >= 11 is 0. The van der Waals surface area contributed by atoms with Crippen LogP contribution >= 0.6 is 0 Å². The molecule has 0 bridgehead atoms. The SMILES string of the molecule is CC(=O)OCC(=O)[C@H]1CC[C@H]2[C@@H]3CCC4=CC(=O)C5=C(OC(C)(C)O5)[C@]4(C)[C@H]3CC[C@]12C. The van der Waals surface area contributed by atoms with Crippen molar-refractivity contribution in [2.45, 2.75) is 78.9 Å². The summed E-state index contributed by atoms with van der Waals surface area (Å²) in [6.45, 7) is 9.47. The Morgan fingerprint density at radius 3 is 2.53 bits per heavy atom. The van der Waals surface area contributed by atoms with E-state index in [1.807, 2.05) is 13.8 Å². The molecule has 0 N–H and O–H groups in total. The molecule has 0 radical (unpaired) electrons. The van der Waals surface area contributed by atoms with Crippen LogP contribution in [-0.4, -0.2) is 29.9 Å². The van der Waals surface area contributed by atoms with Crippen LogP contribution in [0.1, 0.15) is 73.1 Å². The number of esters is 1. The van der Waals surface area contributed by atoms with Crippen molar-refractivity contribution in [3.8, 4) is 0 Å². The molecule has 0 unspecified atom stereocenters. The number of hydrogen-bond donors (Lipinski definition) is 0. The molecular weight excluding hydrogens is 408 g/mol. The molecule has 5 rings (SSSR count). The van der Waals surface area contributed by atoms with Crippen LogP contribution in [0.15, 0.2) is 23.2 Å². The van der Waals surface area contributed by atoms with Gasteiger partial charge >= 0.3 is 5.97 Å². The summed E-state index contributed by atoms with van der Waals surface area (Å²) in [5, 5.41) is 0. The first-order chi connectivity index (χ1) is 15.0. The van der Waals surface area contributed by atoms with Gasteiger partial charge in [-0.1, -0.05) is 12.5 Å². The first kappa shape index (κ1) is 21.7. The second-order valence-corrected chi connectivity index (χ2v) is 11.3. The van der Waals surface area contributed by atoms with Crippen molar-refractivity contribution >= 4 is 17.5 Å². The fourth-order valence-corrected chi connectivity index (χ4v) is 7.90. The molecule has 0 spiro atoms. The van der Waals surface area contributed by atoms with Gasteiger partial charge in [0.05, 0.1) is 5.41 Å². The van der Waals surface area contributed by atoms with Crippen molar-refractivity contribution in [2.75, 3.05) is 6.61 Å². The smallest absolute Gasteiger partial charge is 0.303 e. The molecule has 0 amide bonds. The van der Waals surface area contributed by atoms with E-state index in [1.165, 1.54) is 12.5 Å². The highest BCUT2D eigenvalue weighted by Crippen LogP contribution is 2.68. The van der Waals surface area contributed by atoms with Gasteiger partial charge < -0.3 is 14.2 Å². The zero-order valence-corrected chi connectivity index (χ0v) is 19.8. The van der Waals surface area contributed by atoms with E-state index in [0.29, 0.717) is 23.5 Å². The van der Waals surface area contributed by atoms with Crippen LogP contribution in [0.4, 0.5) is 0 Å². The van der Waals surface area contributed by atoms with E-state index < -0.39 is 11.8 Å². The molecule has 32 heavy (non-hydrogen) atoms. The highest BCUT2D eigenvalue weighted by atomic mass is 16.7. The Balaban J connectivity index is 1.45. The number of carbonyl (C=O) groups excluding carboxylic acids is 3. The lowest BCUT2D eigenvalue weighted by atomic mass is 9.47. The van der Waals surface area contributed by atoms with Crippen LogP contribution in [0.25, 0.3) is 0 Å². The predicted molar refractivity (Wildman–Crippen MR) is 116 cm³/mol. The maximum Gasteiger partial charge on any atom is 0.303 e. The number of ketones is 2. The third-order valence-electron chi connectivity index (χ3n) is 9.30. The maximum atomic E-state index is 13.0. The molecule has 5 aliphatic rings. The normalized spacial score (nSPS) is 41.4. The van der Waals surface area contributed by atoms with E-state index >= 15 is 0 Å². The highest BCUT2D eigenvalue weighted by Gasteiger charge is 2.63. The van der Waals surface area contributed by atoms with Crippen molar-refractivity contribution in [3.63, 3.8) is 0 Å². The quantitative estimate of drug-likeness (QED) is 0.600. The summed E-state index contributed by atoms with van der Waals surface area (Å²) < 4.78 is 17.3. The minimum atomic E-state index is -0.829. The van der Waals surface area contributed by atoms with Gasteiger partial charge in [0.1, 0.15) is 6.61 Å². The van der Waals surface area contributed by atoms with Gasteiger partial charge in [0.25, 0.3) is 0 Å². The largest absolute Gasteiger partial charge is 0.458 e. The summed E-state index contributed by atoms with van der Waals surface area (Å²) in [5.74, 6) is 1.09. The van der Waals surface area contributed by atoms with Crippen LogP contribution in [0, 0.1) is 34.5 Å². The van der Waals surface area contributed by atoms with Crippen molar-refractivity contribution in [1.29, 1.82) is 0 Å². The van der Waals surface area contributed by atoms with Crippen LogP contribution < -0.4 is 0 Å². The second kappa shape index (κ2) is 6.94. The molecule has 3 saturated carbocycles. The minimum Gasteiger partial charge on any atom is -0.458 e. The van der Waals surface area contributed by atoms with E-state index in [1.54, 1.807) is 6.08 Å². The van der Waals surface area contributed by atoms with Gasteiger partial charge in [-0.05, 0) is 74.7 Å². The molecule has 3 fully saturated rings. The Morgan fingerprint density at radius 1 is 1.06 bits per heavy atom. The zero-order valence-electron chi connectivity index (χ0n) is 19.8. The highest BCUT2D eigenvalue weighted by molar-refractivity contribution is 6.05. The third kappa shape index (κ3) is 2.94. The first-order valence-electron chi connectivity index (χ1n) is 12.0. The summed E-state index contributed by atoms with van der Waals surface area (Å²) in [4.78, 5) is 36.9. The molecule has 0 aromatic rings. The number of rotatable bonds is 3. The topological polar surface area (TPSA) is 78.9 Å². The Morgan fingerprint density at radius 2 is 1.81 bits per heavy atom. The van der Waals surface area contributed by atoms with E-state index in [2.05, 4.69) is 13.8 Å². The van der Waals surface area contributed by atoms with Crippen molar-refractivity contribution < 1.29 is 28.6 Å². The van der Waals surface area contributed by atoms with Crippen LogP contribution in [-0.2, 0) is 28.6 Å². The summed E-state index contributed by atoms with van der Waals surface area (Å²) in [6.07, 6.45) is 7.55. The maximum absolute atomic E-state index is 13.0. The van der Waals surface area contributed by atoms with Crippen LogP contribution in [0.2, 0.25) is 0 Å². The lowest BCUT2D eigenvalue weighted by molar-refractivity contribution is -0.150. The fraction of sp³-hybridized carbons (Fsp3) is 0.731. The first-order valence-corrected chi connectivity index (χ1v) is 12.0. The van der Waals surface area contributed by atoms with Crippen LogP contribution in [0.5, 0.6) is 0 Å². The minimum absolute atomic E-state index is 0.0507. The Kier molecular flexibility index (Phi) is 4.71. The van der Waals surface area contributed by atoms with E-state index in [4.69, 9.17) is 14.2 Å². The Bertz CT molecular complexity index is 957. The molecule has 0 aromatic carbocycles. The number of hydrogen-bond acceptors (Lipinski definition) is 6. The van der Waals surface area contributed by atoms with Gasteiger partial charge in [-0.25, -0.2) is 0 Å². The molecule has 0 saturated heterocycles. The van der Waals surface area contributed by atoms with E-state index in [-0.39, 0.29) is 34.9 Å². The molecular formula is C26H34O6. The number of fused-ring (bicyclic) bond motifs is 6. The van der Waals surface area contributed by atoms with Crippen molar-refractivity contribution in [1.82, 2.24) is 0 Å². The average Bonchev–Trinajstić information content (AvgIpc) is 3.24. The third-order valence-corrected chi connectivity index (χ3v) is 9.30. The molecule has 174 valence electrons. The van der Waals surface area contributed by atoms with Gasteiger partial charge in [-0.3, -0.25) is 14.4 Å². The molecule has 4 aliphatic carbocycles. The summed E-state index contributed by atoms with van der Waals surface area (Å²) in [6, 6.07) is 0. The fourth-order valence-electron chi connectivity index (χ4n) is 7.90. The zero-order chi connectivity index (χ0) is 23.1. The molecule has 1 heterocycles. The number of allylic oxidation sites excluding steroid dienone is 2. The van der Waals surface area contributed by atoms with Crippen molar-refractivity contribution in [2.24, 2.45) is 34.5 Å². The van der Waals surface area contributed by atoms with Gasteiger partial charge in [0.2, 0.25) is 17.3 Å². The Labute approximate surface area is 189 Å². The van der Waals surface area contributed by atoms with E-state index in [0.717, 1.165) is 44.3 Å². The average molecular weight is 443 g/mol. The summed E-state index contributed by atoms with van der Waals surface area (Å²) in [7, 11) is 0. The lowest BCUT2D eigenvalue weighted by Gasteiger charge is -2.57. The van der Waals surface area contributed by atoms with Crippen LogP contribution in [0.3, 0.4) is 0 Å². The summed E-state index contributed by atoms with van der Waals surface area (Å²) in [5.41, 5.74) is 0.776. The molecule has 6 heteroatoms. The molecule has 6 atom stereocenters. The molecule has 0 aromatic heterocycles. The van der Waals surface area contributed by atoms with Gasteiger partial charge in [0.15, 0.2) is 11.5 Å². The second-order valence-electron chi connectivity index (χ2n) is 11.3. The molecule has 6 nitrogen and oxygen atoms in total. The van der Waals surface area contributed by atoms with E-state index in [9.17, 15) is 14.4 Å². The number of carbonyl (C=O) groups is 3. The predicted octanol–water partition coefficient (Wildman–Crippen LogP) is 4.48. The van der Waals surface area contributed by atoms with Gasteiger partial charge in [0, 0.05) is 26.7 Å². The van der Waals surface area contributed by atoms with Gasteiger partial charge in [-0.15, -0.1) is 0 Å². The standard InChI is InChI=1S/C26H34O6/c1-14(27)30-13-21(29)19-9-8-17-16-7-6-15-12-20(28)22-23(32-24(2,3)31-22)26(15,5)18(16)10-11-25(17,19)4/h12,16-19H,6-11,13H2,1-5H3/t16-,17-,18-,19+,25-,26-/m0/s1. The molecule has 1 aliphatic heterocycles. The number of ether oxygens (including phenoxy) is 3. The van der Waals surface area contributed by atoms with Crippen molar-refractivity contribution in [3.05, 3.63) is 23.2 Å².